The molecule has 2 rings (SSSR count). The van der Waals surface area contributed by atoms with Gasteiger partial charge in [-0.2, -0.15) is 0 Å². The van der Waals surface area contributed by atoms with E-state index in [1.54, 1.807) is 0 Å². The van der Waals surface area contributed by atoms with E-state index in [4.69, 9.17) is 5.73 Å². The zero-order valence-corrected chi connectivity index (χ0v) is 10.2. The van der Waals surface area contributed by atoms with Gasteiger partial charge in [0.25, 0.3) is 0 Å². The highest BCUT2D eigenvalue weighted by atomic mass is 14.9. The second-order valence-corrected chi connectivity index (χ2v) is 4.24. The van der Waals surface area contributed by atoms with Crippen LogP contribution in [0.2, 0.25) is 0 Å². The summed E-state index contributed by atoms with van der Waals surface area (Å²) in [4.78, 5) is 4.27. The fourth-order valence-corrected chi connectivity index (χ4v) is 1.69. The number of anilines is 2. The van der Waals surface area contributed by atoms with Crippen LogP contribution in [0, 0.1) is 13.8 Å². The van der Waals surface area contributed by atoms with E-state index in [0.717, 1.165) is 29.2 Å². The molecule has 1 aromatic carbocycles. The lowest BCUT2D eigenvalue weighted by atomic mass is 10.1. The largest absolute Gasteiger partial charge is 0.399 e. The third-order valence-corrected chi connectivity index (χ3v) is 2.71. The first-order valence-corrected chi connectivity index (χ1v) is 5.66. The molecular weight excluding hydrogens is 210 g/mol. The molecule has 0 atom stereocenters. The van der Waals surface area contributed by atoms with Crippen molar-refractivity contribution >= 4 is 11.4 Å². The molecule has 0 bridgehead atoms. The van der Waals surface area contributed by atoms with Crippen molar-refractivity contribution in [2.24, 2.45) is 0 Å². The molecule has 3 nitrogen and oxygen atoms in total. The first-order valence-electron chi connectivity index (χ1n) is 5.66. The molecule has 1 heterocycles. The predicted octanol–water partition coefficient (Wildman–Crippen LogP) is 2.89. The number of nitrogens with zero attached hydrogens (tertiary/aromatic N) is 1. The fraction of sp³-hybridized carbons (Fsp3) is 0.214. The molecule has 0 radical (unpaired) electrons. The monoisotopic (exact) mass is 227 g/mol. The molecule has 3 N–H and O–H groups in total. The van der Waals surface area contributed by atoms with Crippen molar-refractivity contribution in [3.05, 3.63) is 53.3 Å². The van der Waals surface area contributed by atoms with Gasteiger partial charge in [-0.25, -0.2) is 0 Å². The van der Waals surface area contributed by atoms with Gasteiger partial charge in [-0.15, -0.1) is 0 Å². The molecule has 0 aliphatic heterocycles. The van der Waals surface area contributed by atoms with Crippen molar-refractivity contribution in [3.8, 4) is 0 Å². The number of hydrogen-bond donors (Lipinski definition) is 2. The summed E-state index contributed by atoms with van der Waals surface area (Å²) in [5.41, 5.74) is 11.0. The second-order valence-electron chi connectivity index (χ2n) is 4.24. The van der Waals surface area contributed by atoms with Crippen LogP contribution in [-0.2, 0) is 6.54 Å². The highest BCUT2D eigenvalue weighted by Crippen LogP contribution is 2.18. The standard InChI is InChI=1S/C14H17N3/c1-10-7-13(15)5-6-14(10)17-9-12-4-3-11(2)16-8-12/h3-8,17H,9,15H2,1-2H3. The van der Waals surface area contributed by atoms with E-state index >= 15 is 0 Å². The number of nitrogens with two attached hydrogens (primary N) is 1. The van der Waals surface area contributed by atoms with E-state index in [2.05, 4.69) is 16.4 Å². The summed E-state index contributed by atoms with van der Waals surface area (Å²) in [5.74, 6) is 0. The quantitative estimate of drug-likeness (QED) is 0.793. The molecule has 2 aromatic rings. The summed E-state index contributed by atoms with van der Waals surface area (Å²) < 4.78 is 0. The lowest BCUT2D eigenvalue weighted by Gasteiger charge is -2.10. The van der Waals surface area contributed by atoms with Crippen LogP contribution in [0.5, 0.6) is 0 Å². The minimum absolute atomic E-state index is 0.776. The van der Waals surface area contributed by atoms with Gasteiger partial charge in [0.05, 0.1) is 0 Å². The topological polar surface area (TPSA) is 50.9 Å². The van der Waals surface area contributed by atoms with E-state index in [-0.39, 0.29) is 0 Å². The number of aromatic nitrogens is 1. The molecule has 1 aromatic heterocycles. The van der Waals surface area contributed by atoms with Crippen molar-refractivity contribution in [2.75, 3.05) is 11.1 Å². The number of nitrogens with one attached hydrogen (secondary N) is 1. The van der Waals surface area contributed by atoms with Gasteiger partial charge in [0, 0.05) is 29.8 Å². The molecule has 88 valence electrons. The van der Waals surface area contributed by atoms with Crippen molar-refractivity contribution in [1.29, 1.82) is 0 Å². The Bertz CT molecular complexity index is 503. The lowest BCUT2D eigenvalue weighted by molar-refractivity contribution is 1.08. The van der Waals surface area contributed by atoms with Gasteiger partial charge in [-0.05, 0) is 49.2 Å². The maximum Gasteiger partial charge on any atom is 0.0416 e. The van der Waals surface area contributed by atoms with E-state index in [9.17, 15) is 0 Å². The molecule has 0 unspecified atom stereocenters. The highest BCUT2D eigenvalue weighted by molar-refractivity contribution is 5.57. The first kappa shape index (κ1) is 11.5. The Morgan fingerprint density at radius 1 is 1.18 bits per heavy atom. The molecule has 0 spiro atoms. The third-order valence-electron chi connectivity index (χ3n) is 2.71. The van der Waals surface area contributed by atoms with Gasteiger partial charge in [0.2, 0.25) is 0 Å². The van der Waals surface area contributed by atoms with Crippen molar-refractivity contribution in [1.82, 2.24) is 4.98 Å². The van der Waals surface area contributed by atoms with Crippen LogP contribution in [0.3, 0.4) is 0 Å². The molecule has 0 aliphatic carbocycles. The van der Waals surface area contributed by atoms with E-state index in [0.29, 0.717) is 0 Å². The zero-order chi connectivity index (χ0) is 12.3. The minimum atomic E-state index is 0.776. The summed E-state index contributed by atoms with van der Waals surface area (Å²) in [6.07, 6.45) is 1.90. The predicted molar refractivity (Wildman–Crippen MR) is 71.9 cm³/mol. The van der Waals surface area contributed by atoms with Crippen LogP contribution >= 0.6 is 0 Å². The SMILES string of the molecule is Cc1ccc(CNc2ccc(N)cc2C)cn1. The van der Waals surface area contributed by atoms with Crippen LogP contribution in [-0.4, -0.2) is 4.98 Å². The Labute approximate surface area is 102 Å². The Morgan fingerprint density at radius 2 is 2.00 bits per heavy atom. The van der Waals surface area contributed by atoms with Crippen molar-refractivity contribution < 1.29 is 0 Å². The molecule has 3 heteroatoms. The number of hydrogen-bond acceptors (Lipinski definition) is 3. The summed E-state index contributed by atoms with van der Waals surface area (Å²) in [7, 11) is 0. The van der Waals surface area contributed by atoms with E-state index in [1.807, 2.05) is 44.3 Å². The minimum Gasteiger partial charge on any atom is -0.399 e. The van der Waals surface area contributed by atoms with Gasteiger partial charge in [-0.1, -0.05) is 6.07 Å². The maximum absolute atomic E-state index is 5.71. The van der Waals surface area contributed by atoms with Crippen LogP contribution in [0.4, 0.5) is 11.4 Å². The van der Waals surface area contributed by atoms with Gasteiger partial charge in [0.15, 0.2) is 0 Å². The van der Waals surface area contributed by atoms with Crippen LogP contribution in [0.25, 0.3) is 0 Å². The second kappa shape index (κ2) is 4.87. The molecule has 0 aliphatic rings. The van der Waals surface area contributed by atoms with Crippen LogP contribution < -0.4 is 11.1 Å². The summed E-state index contributed by atoms with van der Waals surface area (Å²) in [6.45, 7) is 4.81. The summed E-state index contributed by atoms with van der Waals surface area (Å²) in [5, 5.41) is 3.38. The summed E-state index contributed by atoms with van der Waals surface area (Å²) >= 11 is 0. The summed E-state index contributed by atoms with van der Waals surface area (Å²) in [6, 6.07) is 9.99. The van der Waals surface area contributed by atoms with Gasteiger partial charge in [0.1, 0.15) is 0 Å². The third kappa shape index (κ3) is 2.97. The molecule has 0 fully saturated rings. The Balaban J connectivity index is 2.04. The zero-order valence-electron chi connectivity index (χ0n) is 10.2. The maximum atomic E-state index is 5.71. The van der Waals surface area contributed by atoms with Crippen molar-refractivity contribution in [3.63, 3.8) is 0 Å². The molecule has 0 saturated carbocycles. The Kier molecular flexibility index (Phi) is 3.28. The molecule has 0 saturated heterocycles. The van der Waals surface area contributed by atoms with Crippen LogP contribution in [0.15, 0.2) is 36.5 Å². The Morgan fingerprint density at radius 3 is 2.65 bits per heavy atom. The van der Waals surface area contributed by atoms with Crippen LogP contribution in [0.1, 0.15) is 16.8 Å². The average Bonchev–Trinajstić information content (AvgIpc) is 2.30. The smallest absolute Gasteiger partial charge is 0.0416 e. The average molecular weight is 227 g/mol. The van der Waals surface area contributed by atoms with Crippen molar-refractivity contribution in [2.45, 2.75) is 20.4 Å². The Hall–Kier alpha value is -2.03. The van der Waals surface area contributed by atoms with E-state index < -0.39 is 0 Å². The van der Waals surface area contributed by atoms with E-state index in [1.165, 1.54) is 5.56 Å². The number of rotatable bonds is 3. The molecular formula is C14H17N3. The highest BCUT2D eigenvalue weighted by Gasteiger charge is 1.99. The normalized spacial score (nSPS) is 10.2. The van der Waals surface area contributed by atoms with Gasteiger partial charge in [-0.3, -0.25) is 4.98 Å². The van der Waals surface area contributed by atoms with Gasteiger partial charge >= 0.3 is 0 Å². The van der Waals surface area contributed by atoms with Gasteiger partial charge < -0.3 is 11.1 Å². The number of pyridine rings is 1. The first-order chi connectivity index (χ1) is 8.15. The number of nitrogen functional groups attached to an aromatic ring is 1. The molecule has 0 amide bonds. The number of benzene rings is 1. The molecule has 17 heavy (non-hydrogen) atoms. The fourth-order valence-electron chi connectivity index (χ4n) is 1.69. The number of aryl methyl sites for hydroxylation is 2. The lowest BCUT2D eigenvalue weighted by Crippen LogP contribution is -2.02.